The molecular weight excluding hydrogens is 503 g/mol. The molecule has 4 N–H and O–H groups in total. The Morgan fingerprint density at radius 2 is 2.00 bits per heavy atom. The summed E-state index contributed by atoms with van der Waals surface area (Å²) in [5, 5.41) is 20.6. The van der Waals surface area contributed by atoms with Crippen molar-refractivity contribution in [3.63, 3.8) is 0 Å². The monoisotopic (exact) mass is 521 g/mol. The number of cyclic esters (lactones) is 1. The normalized spacial score (nSPS) is 19.9. The molecule has 0 saturated carbocycles. The van der Waals surface area contributed by atoms with Crippen LogP contribution >= 0.6 is 15.9 Å². The average Bonchev–Trinajstić information content (AvgIpc) is 3.27. The Kier molecular flexibility index (Phi) is 7.03. The van der Waals surface area contributed by atoms with Gasteiger partial charge in [0, 0.05) is 17.1 Å². The molecule has 1 spiro atoms. The fraction of sp³-hybridized carbons (Fsp3) is 0.500. The molecular formula is C18H19BrF3N5O5. The van der Waals surface area contributed by atoms with Crippen LogP contribution < -0.4 is 10.6 Å². The molecule has 0 bridgehead atoms. The maximum Gasteiger partial charge on any atom is 0.490 e. The van der Waals surface area contributed by atoms with Crippen molar-refractivity contribution in [2.24, 2.45) is 5.41 Å². The molecule has 2 aliphatic rings. The van der Waals surface area contributed by atoms with Crippen LogP contribution in [0, 0.1) is 5.41 Å². The van der Waals surface area contributed by atoms with E-state index in [4.69, 9.17) is 14.6 Å². The molecule has 4 rings (SSSR count). The SMILES string of the molecule is O=C(NCC1CC2(CCNCC2)C(=O)O1)c1[nH]nc2ncc(Br)cc12.O=C(O)C(F)(F)F. The Hall–Kier alpha value is -2.74. The second kappa shape index (κ2) is 9.40. The van der Waals surface area contributed by atoms with Crippen LogP contribution in [-0.2, 0) is 14.3 Å². The third kappa shape index (κ3) is 5.35. The molecule has 1 amide bonds. The number of carbonyl (C=O) groups excluding carboxylic acids is 2. The van der Waals surface area contributed by atoms with Crippen molar-refractivity contribution < 1.29 is 37.4 Å². The first-order chi connectivity index (χ1) is 15.0. The van der Waals surface area contributed by atoms with Gasteiger partial charge in [-0.2, -0.15) is 18.3 Å². The molecule has 1 atom stereocenters. The van der Waals surface area contributed by atoms with Gasteiger partial charge in [-0.15, -0.1) is 0 Å². The average molecular weight is 522 g/mol. The zero-order valence-corrected chi connectivity index (χ0v) is 18.0. The number of nitrogens with one attached hydrogen (secondary N) is 3. The highest BCUT2D eigenvalue weighted by molar-refractivity contribution is 9.10. The van der Waals surface area contributed by atoms with Crippen LogP contribution in [0.25, 0.3) is 11.0 Å². The van der Waals surface area contributed by atoms with E-state index in [9.17, 15) is 22.8 Å². The fourth-order valence-corrected chi connectivity index (χ4v) is 3.94. The number of hydrogen-bond acceptors (Lipinski definition) is 7. The van der Waals surface area contributed by atoms with E-state index in [0.29, 0.717) is 29.7 Å². The van der Waals surface area contributed by atoms with E-state index in [1.807, 2.05) is 0 Å². The first-order valence-corrected chi connectivity index (χ1v) is 10.3. The predicted octanol–water partition coefficient (Wildman–Crippen LogP) is 1.77. The van der Waals surface area contributed by atoms with Crippen molar-refractivity contribution in [3.8, 4) is 0 Å². The van der Waals surface area contributed by atoms with Crippen molar-refractivity contribution in [1.29, 1.82) is 0 Å². The summed E-state index contributed by atoms with van der Waals surface area (Å²) >= 11 is 3.34. The van der Waals surface area contributed by atoms with Gasteiger partial charge in [0.05, 0.1) is 17.3 Å². The van der Waals surface area contributed by atoms with E-state index in [1.54, 1.807) is 12.3 Å². The zero-order valence-electron chi connectivity index (χ0n) is 16.5. The molecule has 10 nitrogen and oxygen atoms in total. The molecule has 32 heavy (non-hydrogen) atoms. The number of H-pyrrole nitrogens is 1. The Morgan fingerprint density at radius 3 is 2.62 bits per heavy atom. The number of carboxylic acids is 1. The minimum absolute atomic E-state index is 0.131. The number of esters is 1. The molecule has 1 unspecified atom stereocenters. The van der Waals surface area contributed by atoms with Crippen LogP contribution in [0.2, 0.25) is 0 Å². The molecule has 2 fully saturated rings. The second-order valence-corrected chi connectivity index (χ2v) is 8.31. The number of pyridine rings is 1. The summed E-state index contributed by atoms with van der Waals surface area (Å²) in [6.07, 6.45) is -1.50. The molecule has 174 valence electrons. The molecule has 14 heteroatoms. The lowest BCUT2D eigenvalue weighted by molar-refractivity contribution is -0.192. The molecule has 4 heterocycles. The lowest BCUT2D eigenvalue weighted by Gasteiger charge is -2.29. The van der Waals surface area contributed by atoms with Gasteiger partial charge >= 0.3 is 18.1 Å². The highest BCUT2D eigenvalue weighted by Gasteiger charge is 2.49. The Bertz CT molecular complexity index is 1020. The second-order valence-electron chi connectivity index (χ2n) is 7.40. The number of fused-ring (bicyclic) bond motifs is 1. The van der Waals surface area contributed by atoms with Crippen molar-refractivity contribution in [1.82, 2.24) is 25.8 Å². The van der Waals surface area contributed by atoms with Gasteiger partial charge in [-0.3, -0.25) is 14.7 Å². The Morgan fingerprint density at radius 1 is 1.34 bits per heavy atom. The number of aliphatic carboxylic acids is 1. The quantitative estimate of drug-likeness (QED) is 0.447. The lowest BCUT2D eigenvalue weighted by atomic mass is 9.76. The van der Waals surface area contributed by atoms with E-state index < -0.39 is 12.1 Å². The minimum Gasteiger partial charge on any atom is -0.475 e. The van der Waals surface area contributed by atoms with Crippen LogP contribution in [-0.4, -0.2) is 70.0 Å². The number of aromatic nitrogens is 3. The van der Waals surface area contributed by atoms with E-state index in [-0.39, 0.29) is 23.4 Å². The number of rotatable bonds is 3. The van der Waals surface area contributed by atoms with Gasteiger partial charge in [0.25, 0.3) is 5.91 Å². The number of carboxylic acid groups (broad SMARTS) is 1. The number of aromatic amines is 1. The van der Waals surface area contributed by atoms with Crippen LogP contribution in [0.15, 0.2) is 16.7 Å². The Balaban J connectivity index is 0.000000360. The van der Waals surface area contributed by atoms with Crippen LogP contribution in [0.5, 0.6) is 0 Å². The van der Waals surface area contributed by atoms with Crippen LogP contribution in [0.1, 0.15) is 29.8 Å². The standard InChI is InChI=1S/C16H18BrN5O3.C2HF3O2/c17-9-5-11-12(21-22-13(11)19-7-9)14(23)20-8-10-6-16(15(24)25-10)1-3-18-4-2-16;3-2(4,5)1(6)7/h5,7,10,18H,1-4,6,8H2,(H,20,23)(H,19,21,22);(H,6,7). The summed E-state index contributed by atoms with van der Waals surface area (Å²) in [4.78, 5) is 37.8. The van der Waals surface area contributed by atoms with Crippen LogP contribution in [0.3, 0.4) is 0 Å². The first-order valence-electron chi connectivity index (χ1n) is 9.51. The van der Waals surface area contributed by atoms with E-state index in [1.165, 1.54) is 0 Å². The molecule has 2 aromatic heterocycles. The molecule has 0 aliphatic carbocycles. The number of piperidine rings is 1. The molecule has 2 aromatic rings. The van der Waals surface area contributed by atoms with Crippen molar-refractivity contribution in [3.05, 3.63) is 22.4 Å². The fourth-order valence-electron chi connectivity index (χ4n) is 3.61. The maximum absolute atomic E-state index is 12.5. The highest BCUT2D eigenvalue weighted by Crippen LogP contribution is 2.41. The predicted molar refractivity (Wildman–Crippen MR) is 107 cm³/mol. The highest BCUT2D eigenvalue weighted by atomic mass is 79.9. The minimum atomic E-state index is -5.08. The van der Waals surface area contributed by atoms with Gasteiger partial charge in [0.1, 0.15) is 11.8 Å². The van der Waals surface area contributed by atoms with Gasteiger partial charge in [-0.1, -0.05) is 0 Å². The smallest absolute Gasteiger partial charge is 0.475 e. The molecule has 2 aliphatic heterocycles. The zero-order chi connectivity index (χ0) is 23.5. The number of carbonyl (C=O) groups is 3. The summed E-state index contributed by atoms with van der Waals surface area (Å²) in [5.41, 5.74) is 0.454. The largest absolute Gasteiger partial charge is 0.490 e. The third-order valence-electron chi connectivity index (χ3n) is 5.22. The molecule has 0 radical (unpaired) electrons. The Labute approximate surface area is 187 Å². The maximum atomic E-state index is 12.5. The van der Waals surface area contributed by atoms with Crippen molar-refractivity contribution in [2.45, 2.75) is 31.5 Å². The van der Waals surface area contributed by atoms with E-state index in [0.717, 1.165) is 30.4 Å². The molecule has 0 aromatic carbocycles. The summed E-state index contributed by atoms with van der Waals surface area (Å²) in [6.45, 7) is 1.95. The number of hydrogen-bond donors (Lipinski definition) is 4. The van der Waals surface area contributed by atoms with Crippen molar-refractivity contribution in [2.75, 3.05) is 19.6 Å². The third-order valence-corrected chi connectivity index (χ3v) is 5.66. The van der Waals surface area contributed by atoms with Gasteiger partial charge in [0.15, 0.2) is 5.65 Å². The summed E-state index contributed by atoms with van der Waals surface area (Å²) < 4.78 is 38.0. The first kappa shape index (κ1) is 23.9. The van der Waals surface area contributed by atoms with Gasteiger partial charge in [-0.05, 0) is 47.9 Å². The summed E-state index contributed by atoms with van der Waals surface area (Å²) in [6, 6.07) is 1.79. The topological polar surface area (TPSA) is 146 Å². The van der Waals surface area contributed by atoms with Gasteiger partial charge in [0.2, 0.25) is 0 Å². The number of alkyl halides is 3. The van der Waals surface area contributed by atoms with Gasteiger partial charge < -0.3 is 20.5 Å². The lowest BCUT2D eigenvalue weighted by Crippen LogP contribution is -2.39. The number of nitrogens with zero attached hydrogens (tertiary/aromatic N) is 2. The number of ether oxygens (including phenoxy) is 1. The van der Waals surface area contributed by atoms with Crippen molar-refractivity contribution >= 4 is 44.8 Å². The van der Waals surface area contributed by atoms with E-state index >= 15 is 0 Å². The number of halogens is 4. The van der Waals surface area contributed by atoms with E-state index in [2.05, 4.69) is 41.7 Å². The molecule has 2 saturated heterocycles. The van der Waals surface area contributed by atoms with Crippen LogP contribution in [0.4, 0.5) is 13.2 Å². The summed E-state index contributed by atoms with van der Waals surface area (Å²) in [7, 11) is 0. The number of amides is 1. The summed E-state index contributed by atoms with van der Waals surface area (Å²) in [5.74, 6) is -3.18. The van der Waals surface area contributed by atoms with Gasteiger partial charge in [-0.25, -0.2) is 9.78 Å².